The maximum atomic E-state index is 13.6. The first-order valence-electron chi connectivity index (χ1n) is 9.49. The van der Waals surface area contributed by atoms with Crippen molar-refractivity contribution >= 4 is 11.5 Å². The van der Waals surface area contributed by atoms with Gasteiger partial charge in [-0.3, -0.25) is 24.7 Å². The highest BCUT2D eigenvalue weighted by Gasteiger charge is 2.67. The van der Waals surface area contributed by atoms with Gasteiger partial charge in [-0.25, -0.2) is 0 Å². The summed E-state index contributed by atoms with van der Waals surface area (Å²) in [5, 5.41) is 11.6. The molecule has 4 saturated heterocycles. The summed E-state index contributed by atoms with van der Waals surface area (Å²) in [4.78, 5) is 29.5. The molecule has 0 aromatic heterocycles. The second-order valence-electron chi connectivity index (χ2n) is 8.95. The fourth-order valence-electron chi connectivity index (χ4n) is 5.54. The number of nitro groups is 1. The number of piperidine rings is 2. The lowest BCUT2D eigenvalue weighted by Gasteiger charge is -2.68. The lowest BCUT2D eigenvalue weighted by Crippen LogP contribution is -2.78. The standard InChI is InChI=1S/C20H27N3O3/c1-13(2)19-9-21-11-20(14(3)4,18(19)24)12-22(10-19)17(21)15-7-5-6-8-16(15)23(25)26/h5-8,13-14,17H,9-12H2,1-4H3. The minimum atomic E-state index is -0.360. The summed E-state index contributed by atoms with van der Waals surface area (Å²) in [7, 11) is 0. The fourth-order valence-corrected chi connectivity index (χ4v) is 5.54. The van der Waals surface area contributed by atoms with Crippen molar-refractivity contribution in [3.8, 4) is 0 Å². The number of benzene rings is 1. The number of ketones is 1. The number of hydrogen-bond donors (Lipinski definition) is 0. The predicted molar refractivity (Wildman–Crippen MR) is 98.5 cm³/mol. The Labute approximate surface area is 154 Å². The molecule has 0 radical (unpaired) electrons. The first kappa shape index (κ1) is 17.6. The van der Waals surface area contributed by atoms with E-state index in [4.69, 9.17) is 0 Å². The van der Waals surface area contributed by atoms with E-state index in [1.807, 2.05) is 12.1 Å². The fraction of sp³-hybridized carbons (Fsp3) is 0.650. The van der Waals surface area contributed by atoms with Gasteiger partial charge in [0, 0.05) is 32.2 Å². The Kier molecular flexibility index (Phi) is 3.80. The molecule has 0 N–H and O–H groups in total. The SMILES string of the molecule is CC(C)C12CN3CC(C(C)C)(CN(C1)C3c1ccccc1[N+](=O)[O-])C2=O. The molecule has 6 nitrogen and oxygen atoms in total. The van der Waals surface area contributed by atoms with Gasteiger partial charge in [-0.05, 0) is 17.9 Å². The molecule has 0 spiro atoms. The van der Waals surface area contributed by atoms with Crippen LogP contribution in [0.4, 0.5) is 5.69 Å². The normalized spacial score (nSPS) is 38.4. The molecule has 0 unspecified atom stereocenters. The van der Waals surface area contributed by atoms with E-state index in [2.05, 4.69) is 37.5 Å². The minimum absolute atomic E-state index is 0.108. The predicted octanol–water partition coefficient (Wildman–Crippen LogP) is 3.09. The third-order valence-electron chi connectivity index (χ3n) is 7.16. The average molecular weight is 357 g/mol. The van der Waals surface area contributed by atoms with E-state index in [0.717, 1.165) is 5.56 Å². The third kappa shape index (κ3) is 2.09. The second-order valence-corrected chi connectivity index (χ2v) is 8.95. The van der Waals surface area contributed by atoms with Gasteiger partial charge in [0.15, 0.2) is 5.78 Å². The van der Waals surface area contributed by atoms with E-state index >= 15 is 0 Å². The number of rotatable bonds is 4. The second kappa shape index (κ2) is 5.60. The molecular weight excluding hydrogens is 330 g/mol. The Bertz CT molecular complexity index is 727. The van der Waals surface area contributed by atoms with E-state index in [-0.39, 0.29) is 39.4 Å². The van der Waals surface area contributed by atoms with Gasteiger partial charge in [-0.2, -0.15) is 0 Å². The van der Waals surface area contributed by atoms with Crippen LogP contribution in [0.15, 0.2) is 24.3 Å². The van der Waals surface area contributed by atoms with Crippen molar-refractivity contribution < 1.29 is 9.72 Å². The molecule has 4 aliphatic heterocycles. The van der Waals surface area contributed by atoms with Crippen LogP contribution in [0.3, 0.4) is 0 Å². The van der Waals surface area contributed by atoms with Crippen molar-refractivity contribution in [3.63, 3.8) is 0 Å². The first-order chi connectivity index (χ1) is 12.2. The van der Waals surface area contributed by atoms with Crippen molar-refractivity contribution in [2.75, 3.05) is 26.2 Å². The monoisotopic (exact) mass is 357 g/mol. The van der Waals surface area contributed by atoms with Crippen molar-refractivity contribution in [1.29, 1.82) is 0 Å². The maximum absolute atomic E-state index is 13.6. The molecule has 4 fully saturated rings. The van der Waals surface area contributed by atoms with Gasteiger partial charge >= 0.3 is 0 Å². The summed E-state index contributed by atoms with van der Waals surface area (Å²) in [5.41, 5.74) is 0.205. The van der Waals surface area contributed by atoms with Crippen LogP contribution in [0.2, 0.25) is 0 Å². The van der Waals surface area contributed by atoms with E-state index < -0.39 is 0 Å². The van der Waals surface area contributed by atoms with Crippen LogP contribution in [0, 0.1) is 32.8 Å². The highest BCUT2D eigenvalue weighted by Crippen LogP contribution is 2.57. The number of Topliss-reactive ketones (excluding diaryl/α,β-unsaturated/α-hetero) is 1. The summed E-state index contributed by atoms with van der Waals surface area (Å²) in [6.07, 6.45) is -0.108. The molecule has 0 atom stereocenters. The van der Waals surface area contributed by atoms with Gasteiger partial charge in [0.05, 0.1) is 27.5 Å². The van der Waals surface area contributed by atoms with E-state index in [9.17, 15) is 14.9 Å². The summed E-state index contributed by atoms with van der Waals surface area (Å²) in [6, 6.07) is 7.05. The lowest BCUT2D eigenvalue weighted by atomic mass is 9.53. The van der Waals surface area contributed by atoms with Gasteiger partial charge in [0.25, 0.3) is 5.69 Å². The highest BCUT2D eigenvalue weighted by molar-refractivity contribution is 5.94. The molecule has 6 heteroatoms. The van der Waals surface area contributed by atoms with E-state index in [0.29, 0.717) is 32.0 Å². The molecule has 0 aliphatic carbocycles. The van der Waals surface area contributed by atoms with Crippen molar-refractivity contribution in [2.24, 2.45) is 22.7 Å². The molecule has 4 bridgehead atoms. The number of nitro benzene ring substituents is 1. The molecule has 26 heavy (non-hydrogen) atoms. The summed E-state index contributed by atoms with van der Waals surface area (Å²) in [5.74, 6) is 0.930. The molecular formula is C20H27N3O3. The molecule has 5 rings (SSSR count). The van der Waals surface area contributed by atoms with E-state index in [1.165, 1.54) is 0 Å². The van der Waals surface area contributed by atoms with E-state index in [1.54, 1.807) is 12.1 Å². The van der Waals surface area contributed by atoms with Crippen LogP contribution in [0.5, 0.6) is 0 Å². The number of carbonyl (C=O) groups excluding carboxylic acids is 1. The molecule has 1 aromatic carbocycles. The largest absolute Gasteiger partial charge is 0.298 e. The molecule has 4 aliphatic rings. The van der Waals surface area contributed by atoms with Gasteiger partial charge in [0.1, 0.15) is 0 Å². The van der Waals surface area contributed by atoms with Crippen LogP contribution in [-0.2, 0) is 4.79 Å². The summed E-state index contributed by atoms with van der Waals surface area (Å²) in [6.45, 7) is 11.4. The Morgan fingerprint density at radius 1 is 1.00 bits per heavy atom. The molecule has 1 aromatic rings. The first-order valence-corrected chi connectivity index (χ1v) is 9.49. The molecule has 4 heterocycles. The van der Waals surface area contributed by atoms with Crippen LogP contribution in [-0.4, -0.2) is 46.7 Å². The quantitative estimate of drug-likeness (QED) is 0.612. The zero-order chi connectivity index (χ0) is 18.9. The topological polar surface area (TPSA) is 66.7 Å². The Morgan fingerprint density at radius 3 is 1.88 bits per heavy atom. The number of nitrogens with zero attached hydrogens (tertiary/aromatic N) is 3. The van der Waals surface area contributed by atoms with Crippen molar-refractivity contribution in [1.82, 2.24) is 9.80 Å². The Balaban J connectivity index is 1.82. The summed E-state index contributed by atoms with van der Waals surface area (Å²) >= 11 is 0. The van der Waals surface area contributed by atoms with Crippen LogP contribution >= 0.6 is 0 Å². The molecule has 140 valence electrons. The van der Waals surface area contributed by atoms with Gasteiger partial charge in [-0.15, -0.1) is 0 Å². The van der Waals surface area contributed by atoms with Gasteiger partial charge < -0.3 is 0 Å². The zero-order valence-electron chi connectivity index (χ0n) is 15.9. The van der Waals surface area contributed by atoms with Gasteiger partial charge in [-0.1, -0.05) is 39.8 Å². The molecule has 0 saturated carbocycles. The number of hydrogen-bond acceptors (Lipinski definition) is 5. The third-order valence-corrected chi connectivity index (χ3v) is 7.16. The smallest absolute Gasteiger partial charge is 0.275 e. The van der Waals surface area contributed by atoms with Crippen molar-refractivity contribution in [2.45, 2.75) is 33.9 Å². The van der Waals surface area contributed by atoms with Crippen LogP contribution < -0.4 is 0 Å². The zero-order valence-corrected chi connectivity index (χ0v) is 15.9. The number of para-hydroxylation sites is 1. The summed E-state index contributed by atoms with van der Waals surface area (Å²) < 4.78 is 0. The van der Waals surface area contributed by atoms with Crippen molar-refractivity contribution in [3.05, 3.63) is 39.9 Å². The maximum Gasteiger partial charge on any atom is 0.275 e. The Morgan fingerprint density at radius 2 is 1.46 bits per heavy atom. The number of carbonyl (C=O) groups is 1. The molecule has 0 amide bonds. The van der Waals surface area contributed by atoms with Crippen LogP contribution in [0.25, 0.3) is 0 Å². The minimum Gasteiger partial charge on any atom is -0.298 e. The van der Waals surface area contributed by atoms with Crippen LogP contribution in [0.1, 0.15) is 39.4 Å². The highest BCUT2D eigenvalue weighted by atomic mass is 16.6. The average Bonchev–Trinajstić information content (AvgIpc) is 2.58. The van der Waals surface area contributed by atoms with Gasteiger partial charge in [0.2, 0.25) is 0 Å². The Hall–Kier alpha value is -1.79. The lowest BCUT2D eigenvalue weighted by molar-refractivity contribution is -0.386.